The lowest BCUT2D eigenvalue weighted by Gasteiger charge is -2.15. The normalized spacial score (nSPS) is 10.8. The third-order valence-corrected chi connectivity index (χ3v) is 4.67. The number of aryl methyl sites for hydroxylation is 2. The zero-order valence-corrected chi connectivity index (χ0v) is 16.1. The van der Waals surface area contributed by atoms with E-state index in [1.54, 1.807) is 19.2 Å². The van der Waals surface area contributed by atoms with Crippen molar-refractivity contribution in [1.82, 2.24) is 9.78 Å². The summed E-state index contributed by atoms with van der Waals surface area (Å²) in [6.45, 7) is 5.70. The zero-order chi connectivity index (χ0) is 18.7. The Morgan fingerprint density at radius 1 is 1.36 bits per heavy atom. The van der Waals surface area contributed by atoms with Gasteiger partial charge in [0.15, 0.2) is 5.75 Å². The number of rotatable bonds is 5. The van der Waals surface area contributed by atoms with Crippen molar-refractivity contribution >= 4 is 23.2 Å². The molecule has 0 aliphatic rings. The summed E-state index contributed by atoms with van der Waals surface area (Å²) in [6, 6.07) is 5.47. The molecule has 0 radical (unpaired) electrons. The van der Waals surface area contributed by atoms with Crippen LogP contribution in [-0.2, 0) is 13.5 Å². The third kappa shape index (κ3) is 4.15. The van der Waals surface area contributed by atoms with E-state index >= 15 is 0 Å². The van der Waals surface area contributed by atoms with Gasteiger partial charge in [-0.25, -0.2) is 4.68 Å². The molecule has 1 aromatic carbocycles. The monoisotopic (exact) mass is 379 g/mol. The average Bonchev–Trinajstić information content (AvgIpc) is 2.56. The van der Waals surface area contributed by atoms with E-state index in [4.69, 9.17) is 33.2 Å². The first-order valence-corrected chi connectivity index (χ1v) is 8.62. The van der Waals surface area contributed by atoms with Gasteiger partial charge in [0.05, 0.1) is 16.1 Å². The van der Waals surface area contributed by atoms with E-state index < -0.39 is 0 Å². The van der Waals surface area contributed by atoms with Gasteiger partial charge in [-0.1, -0.05) is 37.0 Å². The summed E-state index contributed by atoms with van der Waals surface area (Å²) in [5.74, 6) is 0.575. The van der Waals surface area contributed by atoms with Crippen molar-refractivity contribution in [3.8, 4) is 17.7 Å². The van der Waals surface area contributed by atoms with Gasteiger partial charge in [-0.05, 0) is 36.5 Å². The molecule has 0 aliphatic heterocycles. The molecule has 132 valence electrons. The Kier molecular flexibility index (Phi) is 6.10. The number of hydrogen-bond acceptors (Lipinski definition) is 4. The highest BCUT2D eigenvalue weighted by Crippen LogP contribution is 2.40. The fraction of sp³-hybridized carbons (Fsp3) is 0.389. The summed E-state index contributed by atoms with van der Waals surface area (Å²) < 4.78 is 7.04. The van der Waals surface area contributed by atoms with Gasteiger partial charge >= 0.3 is 0 Å². The lowest BCUT2D eigenvalue weighted by molar-refractivity contribution is 0.437. The Bertz CT molecular complexity index is 899. The first-order valence-electron chi connectivity index (χ1n) is 7.86. The maximum Gasteiger partial charge on any atom is 0.270 e. The van der Waals surface area contributed by atoms with Crippen molar-refractivity contribution < 1.29 is 4.74 Å². The maximum absolute atomic E-state index is 12.1. The fourth-order valence-electron chi connectivity index (χ4n) is 2.46. The van der Waals surface area contributed by atoms with Crippen molar-refractivity contribution in [2.75, 3.05) is 0 Å². The van der Waals surface area contributed by atoms with Crippen LogP contribution in [0.3, 0.4) is 0 Å². The van der Waals surface area contributed by atoms with Gasteiger partial charge in [-0.15, -0.1) is 5.10 Å². The van der Waals surface area contributed by atoms with Gasteiger partial charge < -0.3 is 4.74 Å². The number of aromatic nitrogens is 2. The van der Waals surface area contributed by atoms with Crippen molar-refractivity contribution in [1.29, 1.82) is 5.26 Å². The molecular formula is C18H19Cl2N3O2. The quantitative estimate of drug-likeness (QED) is 0.750. The molecule has 0 saturated carbocycles. The second kappa shape index (κ2) is 7.90. The Morgan fingerprint density at radius 2 is 2.04 bits per heavy atom. The van der Waals surface area contributed by atoms with Gasteiger partial charge in [-0.2, -0.15) is 5.26 Å². The molecule has 2 aromatic rings. The Morgan fingerprint density at radius 3 is 2.64 bits per heavy atom. The van der Waals surface area contributed by atoms with E-state index in [-0.39, 0.29) is 17.4 Å². The second-order valence-corrected chi connectivity index (χ2v) is 6.85. The van der Waals surface area contributed by atoms with Crippen LogP contribution >= 0.6 is 23.2 Å². The highest BCUT2D eigenvalue weighted by Gasteiger charge is 2.17. The second-order valence-electron chi connectivity index (χ2n) is 6.07. The number of nitrogens with zero attached hydrogens (tertiary/aromatic N) is 3. The van der Waals surface area contributed by atoms with Crippen molar-refractivity contribution in [2.45, 2.75) is 39.5 Å². The molecule has 0 amide bonds. The minimum Gasteiger partial charge on any atom is -0.434 e. The minimum absolute atomic E-state index is 0.0325. The zero-order valence-electron chi connectivity index (χ0n) is 14.6. The van der Waals surface area contributed by atoms with Crippen molar-refractivity contribution in [3.05, 3.63) is 49.2 Å². The summed E-state index contributed by atoms with van der Waals surface area (Å²) in [7, 11) is 1.57. The van der Waals surface area contributed by atoms with E-state index in [0.717, 1.165) is 11.1 Å². The lowest BCUT2D eigenvalue weighted by atomic mass is 10.0. The number of hydrogen-bond donors (Lipinski definition) is 0. The van der Waals surface area contributed by atoms with E-state index in [9.17, 15) is 4.79 Å². The van der Waals surface area contributed by atoms with Crippen LogP contribution in [0.15, 0.2) is 16.9 Å². The largest absolute Gasteiger partial charge is 0.434 e. The molecule has 0 saturated heterocycles. The molecule has 1 heterocycles. The first kappa shape index (κ1) is 19.3. The molecule has 0 aliphatic carbocycles. The Hall–Kier alpha value is -2.03. The highest BCUT2D eigenvalue weighted by atomic mass is 35.5. The van der Waals surface area contributed by atoms with Crippen molar-refractivity contribution in [3.63, 3.8) is 0 Å². The first-order chi connectivity index (χ1) is 11.8. The molecule has 1 aromatic heterocycles. The lowest BCUT2D eigenvalue weighted by Crippen LogP contribution is -2.24. The summed E-state index contributed by atoms with van der Waals surface area (Å²) in [4.78, 5) is 12.1. The molecule has 0 atom stereocenters. The van der Waals surface area contributed by atoms with Gasteiger partial charge in [-0.3, -0.25) is 4.79 Å². The topological polar surface area (TPSA) is 67.9 Å². The molecule has 25 heavy (non-hydrogen) atoms. The van der Waals surface area contributed by atoms with Crippen LogP contribution in [0.2, 0.25) is 10.0 Å². The van der Waals surface area contributed by atoms with E-state index in [1.165, 1.54) is 4.68 Å². The molecule has 0 spiro atoms. The number of benzene rings is 1. The molecular weight excluding hydrogens is 361 g/mol. The molecule has 0 fully saturated rings. The van der Waals surface area contributed by atoms with Gasteiger partial charge in [0, 0.05) is 25.1 Å². The predicted octanol–water partition coefficient (Wildman–Crippen LogP) is 4.77. The van der Waals surface area contributed by atoms with Gasteiger partial charge in [0.2, 0.25) is 5.88 Å². The van der Waals surface area contributed by atoms with Crippen molar-refractivity contribution in [2.24, 2.45) is 7.05 Å². The fourth-order valence-corrected chi connectivity index (χ4v) is 3.03. The van der Waals surface area contributed by atoms with Gasteiger partial charge in [0.25, 0.3) is 5.56 Å². The predicted molar refractivity (Wildman–Crippen MR) is 98.8 cm³/mol. The average molecular weight is 380 g/mol. The van der Waals surface area contributed by atoms with Crippen LogP contribution in [0.4, 0.5) is 0 Å². The van der Waals surface area contributed by atoms with Crippen LogP contribution in [0.5, 0.6) is 11.6 Å². The summed E-state index contributed by atoms with van der Waals surface area (Å²) in [6.07, 6.45) is 0.950. The van der Waals surface area contributed by atoms with E-state index in [2.05, 4.69) is 11.2 Å². The standard InChI is InChI=1S/C18H19Cl2N3O2/c1-10(2)13-9-15(22-23(4)18(13)24)25-17-14(19)8-12(6-5-7-21)11(3)16(17)20/h8-10H,5-6H2,1-4H3. The SMILES string of the molecule is Cc1c(CCC#N)cc(Cl)c(Oc2cc(C(C)C)c(=O)n(C)n2)c1Cl. The third-order valence-electron chi connectivity index (χ3n) is 3.93. The molecule has 0 bridgehead atoms. The highest BCUT2D eigenvalue weighted by molar-refractivity contribution is 6.37. The summed E-state index contributed by atoms with van der Waals surface area (Å²) in [5, 5.41) is 13.6. The number of nitriles is 1. The minimum atomic E-state index is -0.164. The molecule has 0 unspecified atom stereocenters. The number of ether oxygens (including phenoxy) is 1. The van der Waals surface area contributed by atoms with Crippen LogP contribution in [-0.4, -0.2) is 9.78 Å². The Labute approximate surface area is 156 Å². The van der Waals surface area contributed by atoms with Crippen LogP contribution in [0.25, 0.3) is 0 Å². The van der Waals surface area contributed by atoms with Crippen LogP contribution in [0.1, 0.15) is 42.9 Å². The smallest absolute Gasteiger partial charge is 0.270 e. The Balaban J connectivity index is 2.46. The summed E-state index contributed by atoms with van der Waals surface area (Å²) >= 11 is 12.7. The maximum atomic E-state index is 12.1. The molecule has 2 rings (SSSR count). The van der Waals surface area contributed by atoms with Gasteiger partial charge in [0.1, 0.15) is 0 Å². The summed E-state index contributed by atoms with van der Waals surface area (Å²) in [5.41, 5.74) is 2.15. The van der Waals surface area contributed by atoms with E-state index in [0.29, 0.717) is 34.2 Å². The van der Waals surface area contributed by atoms with E-state index in [1.807, 2.05) is 20.8 Å². The molecule has 7 heteroatoms. The molecule has 0 N–H and O–H groups in total. The number of halogens is 2. The van der Waals surface area contributed by atoms with Crippen LogP contribution in [0, 0.1) is 18.3 Å². The molecule has 5 nitrogen and oxygen atoms in total. The van der Waals surface area contributed by atoms with Crippen LogP contribution < -0.4 is 10.3 Å².